The number of thiophene rings is 1. The van der Waals surface area contributed by atoms with Crippen molar-refractivity contribution in [1.82, 2.24) is 0 Å². The number of hydrogen-bond donors (Lipinski definition) is 1. The standard InChI is InChI=1S/C21H23N.C6H6S.C2H6/c1-21(2,15-16-9-5-4-6-10-16)20-18-12-8-7-11-17(18)13-14-19(20)22-3;1-2-6-4-3-5-7-6;1-2/h4-14,22H,15H2,1-3H3;2-5H,1H2;1-2H3/p+1. The maximum Gasteiger partial charge on any atom is 0.133 e. The number of fused-ring (bicyclic) bond motifs is 1. The maximum atomic E-state index is 3.61. The van der Waals surface area contributed by atoms with Gasteiger partial charge in [0, 0.05) is 15.9 Å². The normalized spacial score (nSPS) is 10.5. The molecule has 1 heterocycles. The largest absolute Gasteiger partial charge is 0.316 e. The molecule has 0 aliphatic heterocycles. The molecule has 0 amide bonds. The van der Waals surface area contributed by atoms with Crippen LogP contribution in [0.15, 0.2) is 90.8 Å². The van der Waals surface area contributed by atoms with Gasteiger partial charge in [0.2, 0.25) is 0 Å². The molecule has 0 aliphatic rings. The lowest BCUT2D eigenvalue weighted by atomic mass is 9.76. The van der Waals surface area contributed by atoms with Crippen LogP contribution in [0.1, 0.15) is 43.7 Å². The van der Waals surface area contributed by atoms with Crippen molar-refractivity contribution in [3.8, 4) is 0 Å². The van der Waals surface area contributed by atoms with Crippen LogP contribution in [-0.2, 0) is 11.8 Å². The molecule has 0 fully saturated rings. The Labute approximate surface area is 192 Å². The topological polar surface area (TPSA) is 16.6 Å². The molecular formula is C29H36NS+. The zero-order valence-corrected chi connectivity index (χ0v) is 20.4. The van der Waals surface area contributed by atoms with E-state index in [0.717, 1.165) is 6.42 Å². The summed E-state index contributed by atoms with van der Waals surface area (Å²) in [5, 5.41) is 6.97. The van der Waals surface area contributed by atoms with E-state index in [-0.39, 0.29) is 5.41 Å². The Morgan fingerprint density at radius 1 is 0.871 bits per heavy atom. The Kier molecular flexibility index (Phi) is 9.71. The number of hydrogen-bond acceptors (Lipinski definition) is 1. The van der Waals surface area contributed by atoms with Crippen LogP contribution in [0.5, 0.6) is 0 Å². The number of nitrogens with two attached hydrogens (primary N) is 1. The van der Waals surface area contributed by atoms with E-state index in [9.17, 15) is 0 Å². The van der Waals surface area contributed by atoms with Crippen molar-refractivity contribution in [1.29, 1.82) is 0 Å². The Morgan fingerprint density at radius 2 is 1.55 bits per heavy atom. The quantitative estimate of drug-likeness (QED) is 0.314. The summed E-state index contributed by atoms with van der Waals surface area (Å²) in [4.78, 5) is 1.24. The van der Waals surface area contributed by atoms with Gasteiger partial charge in [0.25, 0.3) is 0 Å². The molecule has 2 N–H and O–H groups in total. The third-order valence-electron chi connectivity index (χ3n) is 5.18. The Morgan fingerprint density at radius 3 is 2.13 bits per heavy atom. The molecule has 162 valence electrons. The molecule has 1 aromatic heterocycles. The van der Waals surface area contributed by atoms with Gasteiger partial charge in [-0.05, 0) is 46.3 Å². The highest BCUT2D eigenvalue weighted by Crippen LogP contribution is 2.36. The van der Waals surface area contributed by atoms with Crippen molar-refractivity contribution in [3.05, 3.63) is 107 Å². The van der Waals surface area contributed by atoms with E-state index in [1.54, 1.807) is 11.3 Å². The van der Waals surface area contributed by atoms with E-state index in [4.69, 9.17) is 0 Å². The highest BCUT2D eigenvalue weighted by atomic mass is 32.1. The summed E-state index contributed by atoms with van der Waals surface area (Å²) in [6, 6.07) is 28.0. The second kappa shape index (κ2) is 12.2. The highest BCUT2D eigenvalue weighted by Gasteiger charge is 2.27. The molecule has 0 aliphatic carbocycles. The van der Waals surface area contributed by atoms with Gasteiger partial charge in [-0.15, -0.1) is 11.3 Å². The first kappa shape index (κ1) is 24.6. The molecule has 0 saturated carbocycles. The van der Waals surface area contributed by atoms with Gasteiger partial charge in [-0.25, -0.2) is 0 Å². The lowest BCUT2D eigenvalue weighted by molar-refractivity contribution is -0.540. The molecular weight excluding hydrogens is 394 g/mol. The van der Waals surface area contributed by atoms with Gasteiger partial charge in [-0.3, -0.25) is 0 Å². The lowest BCUT2D eigenvalue weighted by Crippen LogP contribution is -2.73. The number of quaternary nitrogens is 1. The fourth-order valence-electron chi connectivity index (χ4n) is 3.89. The molecule has 0 atom stereocenters. The van der Waals surface area contributed by atoms with Gasteiger partial charge in [0.1, 0.15) is 5.69 Å². The first-order valence-electron chi connectivity index (χ1n) is 11.1. The number of benzene rings is 3. The first-order valence-corrected chi connectivity index (χ1v) is 11.9. The fourth-order valence-corrected chi connectivity index (χ4v) is 4.45. The molecule has 4 rings (SSSR count). The molecule has 3 aromatic carbocycles. The smallest absolute Gasteiger partial charge is 0.133 e. The average Bonchev–Trinajstić information content (AvgIpc) is 3.34. The van der Waals surface area contributed by atoms with Gasteiger partial charge in [-0.2, -0.15) is 0 Å². The molecule has 0 radical (unpaired) electrons. The molecule has 2 heteroatoms. The van der Waals surface area contributed by atoms with E-state index in [2.05, 4.69) is 99.5 Å². The van der Waals surface area contributed by atoms with Gasteiger partial charge in [-0.1, -0.05) is 101 Å². The highest BCUT2D eigenvalue weighted by molar-refractivity contribution is 7.10. The molecule has 0 spiro atoms. The van der Waals surface area contributed by atoms with E-state index in [0.29, 0.717) is 0 Å². The van der Waals surface area contributed by atoms with E-state index in [1.165, 1.54) is 32.5 Å². The monoisotopic (exact) mass is 430 g/mol. The molecule has 0 unspecified atom stereocenters. The minimum Gasteiger partial charge on any atom is -0.316 e. The van der Waals surface area contributed by atoms with Crippen molar-refractivity contribution in [2.75, 3.05) is 7.05 Å². The van der Waals surface area contributed by atoms with E-state index >= 15 is 0 Å². The van der Waals surface area contributed by atoms with Crippen molar-refractivity contribution in [3.63, 3.8) is 0 Å². The van der Waals surface area contributed by atoms with Gasteiger partial charge < -0.3 is 5.32 Å². The molecule has 4 aromatic rings. The van der Waals surface area contributed by atoms with Gasteiger partial charge >= 0.3 is 0 Å². The molecule has 1 nitrogen and oxygen atoms in total. The van der Waals surface area contributed by atoms with E-state index < -0.39 is 0 Å². The van der Waals surface area contributed by atoms with Crippen LogP contribution in [0.2, 0.25) is 0 Å². The zero-order valence-electron chi connectivity index (χ0n) is 19.6. The van der Waals surface area contributed by atoms with E-state index in [1.807, 2.05) is 37.4 Å². The average molecular weight is 431 g/mol. The van der Waals surface area contributed by atoms with Crippen LogP contribution in [0.3, 0.4) is 0 Å². The lowest BCUT2D eigenvalue weighted by Gasteiger charge is -2.28. The summed E-state index contributed by atoms with van der Waals surface area (Å²) in [5.74, 6) is 0. The van der Waals surface area contributed by atoms with Crippen molar-refractivity contribution >= 4 is 33.9 Å². The summed E-state index contributed by atoms with van der Waals surface area (Å²) in [5.41, 5.74) is 4.28. The predicted octanol–water partition coefficient (Wildman–Crippen LogP) is 7.60. The van der Waals surface area contributed by atoms with Crippen LogP contribution in [0.4, 0.5) is 5.69 Å². The summed E-state index contributed by atoms with van der Waals surface area (Å²) in [7, 11) is 2.13. The predicted molar refractivity (Wildman–Crippen MR) is 140 cm³/mol. The Balaban J connectivity index is 0.000000319. The van der Waals surface area contributed by atoms with Crippen molar-refractivity contribution in [2.24, 2.45) is 0 Å². The third-order valence-corrected chi connectivity index (χ3v) is 6.05. The Bertz CT molecular complexity index is 1050. The summed E-state index contributed by atoms with van der Waals surface area (Å²) in [6.45, 7) is 12.3. The van der Waals surface area contributed by atoms with Crippen molar-refractivity contribution in [2.45, 2.75) is 39.5 Å². The second-order valence-corrected chi connectivity index (χ2v) is 8.78. The Hall–Kier alpha value is -2.68. The maximum absolute atomic E-state index is 3.61. The summed E-state index contributed by atoms with van der Waals surface area (Å²) < 4.78 is 0. The van der Waals surface area contributed by atoms with Crippen LogP contribution < -0.4 is 5.32 Å². The minimum atomic E-state index is 0.0874. The minimum absolute atomic E-state index is 0.0874. The SMILES string of the molecule is C=Cc1cccs1.CC.C[NH2+]c1ccc2ccccc2c1C(C)(C)Cc1ccccc1. The fraction of sp³-hybridized carbons (Fsp3) is 0.241. The van der Waals surface area contributed by atoms with Crippen LogP contribution in [-0.4, -0.2) is 7.05 Å². The summed E-state index contributed by atoms with van der Waals surface area (Å²) >= 11 is 1.70. The van der Waals surface area contributed by atoms with Gasteiger partial charge in [0.05, 0.1) is 7.05 Å². The zero-order chi connectivity index (χ0) is 22.7. The van der Waals surface area contributed by atoms with Crippen LogP contribution in [0.25, 0.3) is 16.8 Å². The number of rotatable bonds is 5. The third kappa shape index (κ3) is 6.65. The molecule has 0 bridgehead atoms. The first-order chi connectivity index (χ1) is 15.0. The summed E-state index contributed by atoms with van der Waals surface area (Å²) in [6.07, 6.45) is 2.90. The van der Waals surface area contributed by atoms with Crippen LogP contribution in [0, 0.1) is 0 Å². The molecule has 31 heavy (non-hydrogen) atoms. The second-order valence-electron chi connectivity index (χ2n) is 7.81. The molecule has 0 saturated heterocycles. The van der Waals surface area contributed by atoms with Crippen molar-refractivity contribution < 1.29 is 5.32 Å². The van der Waals surface area contributed by atoms with Crippen LogP contribution >= 0.6 is 11.3 Å². The van der Waals surface area contributed by atoms with Gasteiger partial charge in [0.15, 0.2) is 0 Å².